The first kappa shape index (κ1) is 19.0. The van der Waals surface area contributed by atoms with Gasteiger partial charge in [-0.05, 0) is 18.4 Å². The zero-order valence-corrected chi connectivity index (χ0v) is 16.8. The largest absolute Gasteiger partial charge is 0.370 e. The first-order valence-corrected chi connectivity index (χ1v) is 10.2. The van der Waals surface area contributed by atoms with Crippen molar-refractivity contribution in [3.05, 3.63) is 72.2 Å². The van der Waals surface area contributed by atoms with Crippen LogP contribution in [0.3, 0.4) is 0 Å². The SMILES string of the molecule is N=C(N)N1CCCC1c1nc(-c2ccc(Cn3cc(-c4ccccc4)nn3)cc2)no1. The van der Waals surface area contributed by atoms with Gasteiger partial charge in [-0.25, -0.2) is 4.68 Å². The third-order valence-electron chi connectivity index (χ3n) is 5.45. The zero-order chi connectivity index (χ0) is 21.2. The van der Waals surface area contributed by atoms with Gasteiger partial charge in [0.25, 0.3) is 0 Å². The molecule has 1 unspecified atom stereocenters. The van der Waals surface area contributed by atoms with E-state index in [-0.39, 0.29) is 12.0 Å². The highest BCUT2D eigenvalue weighted by Gasteiger charge is 2.31. The van der Waals surface area contributed by atoms with Gasteiger partial charge in [-0.15, -0.1) is 5.10 Å². The van der Waals surface area contributed by atoms with Gasteiger partial charge in [0, 0.05) is 17.7 Å². The average molecular weight is 414 g/mol. The van der Waals surface area contributed by atoms with E-state index < -0.39 is 0 Å². The van der Waals surface area contributed by atoms with Crippen molar-refractivity contribution in [3.63, 3.8) is 0 Å². The second-order valence-electron chi connectivity index (χ2n) is 7.56. The van der Waals surface area contributed by atoms with E-state index in [1.165, 1.54) is 0 Å². The quantitative estimate of drug-likeness (QED) is 0.380. The number of nitrogens with zero attached hydrogens (tertiary/aromatic N) is 6. The molecule has 156 valence electrons. The van der Waals surface area contributed by atoms with Crippen molar-refractivity contribution in [2.75, 3.05) is 6.54 Å². The Balaban J connectivity index is 1.28. The van der Waals surface area contributed by atoms with Gasteiger partial charge < -0.3 is 15.2 Å². The molecule has 2 aromatic carbocycles. The van der Waals surface area contributed by atoms with Crippen molar-refractivity contribution >= 4 is 5.96 Å². The Bertz CT molecular complexity index is 1180. The molecular weight excluding hydrogens is 392 g/mol. The fourth-order valence-electron chi connectivity index (χ4n) is 3.86. The summed E-state index contributed by atoms with van der Waals surface area (Å²) in [7, 11) is 0. The van der Waals surface area contributed by atoms with Gasteiger partial charge >= 0.3 is 0 Å². The molecule has 9 nitrogen and oxygen atoms in total. The molecule has 1 aliphatic rings. The van der Waals surface area contributed by atoms with E-state index >= 15 is 0 Å². The Hall–Kier alpha value is -4.01. The summed E-state index contributed by atoms with van der Waals surface area (Å²) in [5.41, 5.74) is 9.52. The molecule has 1 fully saturated rings. The highest BCUT2D eigenvalue weighted by Crippen LogP contribution is 2.31. The van der Waals surface area contributed by atoms with Gasteiger partial charge in [0.05, 0.1) is 12.7 Å². The molecule has 0 aliphatic carbocycles. The molecule has 4 aromatic rings. The number of likely N-dealkylation sites (tertiary alicyclic amines) is 1. The second kappa shape index (κ2) is 8.02. The van der Waals surface area contributed by atoms with Crippen LogP contribution in [-0.4, -0.2) is 42.5 Å². The second-order valence-corrected chi connectivity index (χ2v) is 7.56. The lowest BCUT2D eigenvalue weighted by atomic mass is 10.1. The van der Waals surface area contributed by atoms with Gasteiger partial charge in [0.1, 0.15) is 11.7 Å². The van der Waals surface area contributed by atoms with Gasteiger partial charge in [-0.1, -0.05) is 65.0 Å². The van der Waals surface area contributed by atoms with Crippen LogP contribution in [0.15, 0.2) is 65.3 Å². The molecule has 2 aromatic heterocycles. The Morgan fingerprint density at radius 3 is 2.68 bits per heavy atom. The van der Waals surface area contributed by atoms with E-state index in [2.05, 4.69) is 20.5 Å². The minimum absolute atomic E-state index is 0.0372. The first-order chi connectivity index (χ1) is 15.2. The molecule has 3 heterocycles. The van der Waals surface area contributed by atoms with Gasteiger partial charge in [0.2, 0.25) is 11.7 Å². The summed E-state index contributed by atoms with van der Waals surface area (Å²) in [6, 6.07) is 17.8. The van der Waals surface area contributed by atoms with E-state index in [1.54, 1.807) is 4.90 Å². The maximum Gasteiger partial charge on any atom is 0.249 e. The fourth-order valence-corrected chi connectivity index (χ4v) is 3.86. The summed E-state index contributed by atoms with van der Waals surface area (Å²) < 4.78 is 7.30. The molecule has 1 saturated heterocycles. The number of hydrogen-bond donors (Lipinski definition) is 2. The predicted octanol–water partition coefficient (Wildman–Crippen LogP) is 3.07. The van der Waals surface area contributed by atoms with Crippen LogP contribution in [0.2, 0.25) is 0 Å². The number of benzene rings is 2. The van der Waals surface area contributed by atoms with Crippen LogP contribution in [-0.2, 0) is 6.54 Å². The van der Waals surface area contributed by atoms with E-state index in [9.17, 15) is 0 Å². The number of nitrogens with two attached hydrogens (primary N) is 1. The minimum Gasteiger partial charge on any atom is -0.370 e. The summed E-state index contributed by atoms with van der Waals surface area (Å²) in [5, 5.41) is 20.3. The van der Waals surface area contributed by atoms with Crippen LogP contribution in [0, 0.1) is 5.41 Å². The molecule has 0 spiro atoms. The lowest BCUT2D eigenvalue weighted by Gasteiger charge is -2.21. The lowest BCUT2D eigenvalue weighted by molar-refractivity contribution is 0.283. The number of guanidine groups is 1. The molecule has 1 aliphatic heterocycles. The van der Waals surface area contributed by atoms with E-state index in [0.717, 1.165) is 41.8 Å². The standard InChI is InChI=1S/C22H22N8O/c23-22(24)30-12-4-7-19(30)21-25-20(27-31-21)17-10-8-15(9-11-17)13-29-14-18(26-28-29)16-5-2-1-3-6-16/h1-3,5-6,8-11,14,19H,4,7,12-13H2,(H3,23,24). The van der Waals surface area contributed by atoms with Crippen molar-refractivity contribution < 1.29 is 4.52 Å². The van der Waals surface area contributed by atoms with E-state index in [0.29, 0.717) is 18.3 Å². The Kier molecular flexibility index (Phi) is 4.91. The molecule has 31 heavy (non-hydrogen) atoms. The topological polar surface area (TPSA) is 123 Å². The number of nitrogens with one attached hydrogen (secondary N) is 1. The summed E-state index contributed by atoms with van der Waals surface area (Å²) in [4.78, 5) is 6.34. The van der Waals surface area contributed by atoms with Crippen LogP contribution in [0.4, 0.5) is 0 Å². The summed E-state index contributed by atoms with van der Waals surface area (Å²) in [5.74, 6) is 1.07. The molecular formula is C22H22N8O. The van der Waals surface area contributed by atoms with Crippen LogP contribution >= 0.6 is 0 Å². The molecule has 0 amide bonds. The normalized spacial score (nSPS) is 16.0. The fraction of sp³-hybridized carbons (Fsp3) is 0.227. The number of hydrogen-bond acceptors (Lipinski definition) is 6. The van der Waals surface area contributed by atoms with E-state index in [1.807, 2.05) is 65.5 Å². The molecule has 0 bridgehead atoms. The third-order valence-corrected chi connectivity index (χ3v) is 5.45. The predicted molar refractivity (Wildman–Crippen MR) is 115 cm³/mol. The van der Waals surface area contributed by atoms with Crippen molar-refractivity contribution in [1.82, 2.24) is 30.0 Å². The van der Waals surface area contributed by atoms with Crippen LogP contribution in [0.25, 0.3) is 22.6 Å². The highest BCUT2D eigenvalue weighted by molar-refractivity contribution is 5.75. The zero-order valence-electron chi connectivity index (χ0n) is 16.8. The third kappa shape index (κ3) is 3.89. The Morgan fingerprint density at radius 1 is 1.10 bits per heavy atom. The van der Waals surface area contributed by atoms with Gasteiger partial charge in [0.15, 0.2) is 5.96 Å². The van der Waals surface area contributed by atoms with Crippen molar-refractivity contribution in [3.8, 4) is 22.6 Å². The van der Waals surface area contributed by atoms with Gasteiger partial charge in [-0.2, -0.15) is 4.98 Å². The number of aromatic nitrogens is 5. The average Bonchev–Trinajstić information content (AvgIpc) is 3.55. The Morgan fingerprint density at radius 2 is 1.90 bits per heavy atom. The highest BCUT2D eigenvalue weighted by atomic mass is 16.5. The molecule has 0 radical (unpaired) electrons. The van der Waals surface area contributed by atoms with Crippen LogP contribution < -0.4 is 5.73 Å². The summed E-state index contributed by atoms with van der Waals surface area (Å²) in [6.45, 7) is 1.36. The monoisotopic (exact) mass is 414 g/mol. The Labute approximate surface area is 179 Å². The minimum atomic E-state index is -0.121. The molecule has 3 N–H and O–H groups in total. The maximum absolute atomic E-state index is 7.71. The smallest absolute Gasteiger partial charge is 0.249 e. The van der Waals surface area contributed by atoms with Crippen LogP contribution in [0.1, 0.15) is 30.3 Å². The molecule has 0 saturated carbocycles. The molecule has 5 rings (SSSR count). The first-order valence-electron chi connectivity index (χ1n) is 10.2. The van der Waals surface area contributed by atoms with Gasteiger partial charge in [-0.3, -0.25) is 5.41 Å². The summed E-state index contributed by atoms with van der Waals surface area (Å²) in [6.07, 6.45) is 3.74. The van der Waals surface area contributed by atoms with Crippen molar-refractivity contribution in [2.45, 2.75) is 25.4 Å². The lowest BCUT2D eigenvalue weighted by Crippen LogP contribution is -2.35. The van der Waals surface area contributed by atoms with E-state index in [4.69, 9.17) is 15.7 Å². The summed E-state index contributed by atoms with van der Waals surface area (Å²) >= 11 is 0. The maximum atomic E-state index is 7.71. The van der Waals surface area contributed by atoms with Crippen molar-refractivity contribution in [1.29, 1.82) is 5.41 Å². The number of rotatable bonds is 5. The van der Waals surface area contributed by atoms with Crippen molar-refractivity contribution in [2.24, 2.45) is 5.73 Å². The van der Waals surface area contributed by atoms with Crippen LogP contribution in [0.5, 0.6) is 0 Å². The molecule has 1 atom stereocenters. The molecule has 9 heteroatoms.